The average molecular weight is 428 g/mol. The Morgan fingerprint density at radius 3 is 1.35 bits per heavy atom. The van der Waals surface area contributed by atoms with Crippen LogP contribution in [0, 0.1) is 0 Å². The van der Waals surface area contributed by atoms with Crippen LogP contribution < -0.4 is 0 Å². The van der Waals surface area contributed by atoms with Crippen molar-refractivity contribution in [1.29, 1.82) is 0 Å². The number of benzene rings is 2. The quantitative estimate of drug-likeness (QED) is 0.450. The molecule has 2 aromatic carbocycles. The van der Waals surface area contributed by atoms with Crippen LogP contribution >= 0.6 is 46.4 Å². The molecule has 2 aliphatic carbocycles. The van der Waals surface area contributed by atoms with Gasteiger partial charge in [-0.05, 0) is 60.8 Å². The smallest absolute Gasteiger partial charge is 0.196 e. The predicted molar refractivity (Wildman–Crippen MR) is 110 cm³/mol. The second kappa shape index (κ2) is 7.36. The summed E-state index contributed by atoms with van der Waals surface area (Å²) in [5.41, 5.74) is 2.80. The van der Waals surface area contributed by atoms with Gasteiger partial charge < -0.3 is 0 Å². The minimum atomic E-state index is -0.246. The van der Waals surface area contributed by atoms with Gasteiger partial charge in [0.25, 0.3) is 0 Å². The van der Waals surface area contributed by atoms with Crippen molar-refractivity contribution < 1.29 is 4.79 Å². The summed E-state index contributed by atoms with van der Waals surface area (Å²) in [6.45, 7) is 0. The summed E-state index contributed by atoms with van der Waals surface area (Å²) in [7, 11) is 0. The van der Waals surface area contributed by atoms with Crippen molar-refractivity contribution >= 4 is 52.2 Å². The van der Waals surface area contributed by atoms with Crippen LogP contribution in [0.2, 0.25) is 20.1 Å². The lowest BCUT2D eigenvalue weighted by Gasteiger charge is -2.28. The zero-order valence-corrected chi connectivity index (χ0v) is 17.2. The van der Waals surface area contributed by atoms with E-state index in [1.54, 1.807) is 12.1 Å². The van der Waals surface area contributed by atoms with Gasteiger partial charge in [0.1, 0.15) is 0 Å². The first-order chi connectivity index (χ1) is 12.5. The zero-order chi connectivity index (χ0) is 18.4. The van der Waals surface area contributed by atoms with E-state index in [0.29, 0.717) is 43.1 Å². The molecule has 1 nitrogen and oxygen atoms in total. The Labute approximate surface area is 173 Å². The van der Waals surface area contributed by atoms with Crippen molar-refractivity contribution in [3.05, 3.63) is 66.6 Å². The molecule has 0 spiro atoms. The lowest BCUT2D eigenvalue weighted by Crippen LogP contribution is -2.12. The molecule has 136 valence electrons. The van der Waals surface area contributed by atoms with Gasteiger partial charge >= 0.3 is 0 Å². The fraction of sp³-hybridized carbons (Fsp3) is 0.381. The molecule has 4 rings (SSSR count). The average Bonchev–Trinajstić information content (AvgIpc) is 2.52. The molecular formula is C21H18Cl4O. The molecule has 0 heterocycles. The number of rotatable bonds is 4. The summed E-state index contributed by atoms with van der Waals surface area (Å²) in [6.07, 6.45) is 6.89. The van der Waals surface area contributed by atoms with Gasteiger partial charge in [0.2, 0.25) is 0 Å². The summed E-state index contributed by atoms with van der Waals surface area (Å²) < 4.78 is 0. The number of ketones is 1. The van der Waals surface area contributed by atoms with Gasteiger partial charge in [-0.1, -0.05) is 71.4 Å². The van der Waals surface area contributed by atoms with E-state index in [0.717, 1.165) is 36.8 Å². The molecule has 2 saturated carbocycles. The van der Waals surface area contributed by atoms with Gasteiger partial charge in [0.05, 0.1) is 20.1 Å². The Hall–Kier alpha value is -0.730. The summed E-state index contributed by atoms with van der Waals surface area (Å²) in [5, 5.41) is 1.57. The van der Waals surface area contributed by atoms with Crippen LogP contribution in [0.3, 0.4) is 0 Å². The van der Waals surface area contributed by atoms with E-state index in [1.807, 2.05) is 12.1 Å². The summed E-state index contributed by atoms with van der Waals surface area (Å²) in [6, 6.07) is 7.36. The maximum Gasteiger partial charge on any atom is 0.196 e. The largest absolute Gasteiger partial charge is 0.288 e. The van der Waals surface area contributed by atoms with E-state index in [4.69, 9.17) is 46.4 Å². The molecule has 0 bridgehead atoms. The lowest BCUT2D eigenvalue weighted by atomic mass is 9.79. The van der Waals surface area contributed by atoms with Crippen LogP contribution in [0.25, 0.3) is 0 Å². The van der Waals surface area contributed by atoms with Crippen molar-refractivity contribution in [2.24, 2.45) is 0 Å². The maximum absolute atomic E-state index is 13.0. The number of hydrogen-bond donors (Lipinski definition) is 0. The summed E-state index contributed by atoms with van der Waals surface area (Å²) in [5.74, 6) is 0.650. The van der Waals surface area contributed by atoms with Crippen molar-refractivity contribution in [2.45, 2.75) is 50.4 Å². The molecule has 0 aromatic heterocycles. The molecule has 5 heteroatoms. The highest BCUT2D eigenvalue weighted by Crippen LogP contribution is 2.45. The highest BCUT2D eigenvalue weighted by Gasteiger charge is 2.28. The standard InChI is InChI=1S/C21H18Cl4O/c22-17-13(11-3-1-4-11)7-9-15(19(17)24)21(26)16-10-8-14(12-5-2-6-12)18(23)20(16)25/h7-12H,1-6H2. The van der Waals surface area contributed by atoms with Gasteiger partial charge in [0.15, 0.2) is 5.78 Å². The van der Waals surface area contributed by atoms with E-state index in [9.17, 15) is 4.79 Å². The van der Waals surface area contributed by atoms with E-state index in [1.165, 1.54) is 12.8 Å². The lowest BCUT2D eigenvalue weighted by molar-refractivity contribution is 0.103. The number of carbonyl (C=O) groups excluding carboxylic acids is 1. The van der Waals surface area contributed by atoms with Gasteiger partial charge in [-0.15, -0.1) is 0 Å². The molecule has 2 aliphatic rings. The van der Waals surface area contributed by atoms with Gasteiger partial charge in [0, 0.05) is 11.1 Å². The Morgan fingerprint density at radius 2 is 1.04 bits per heavy atom. The van der Waals surface area contributed by atoms with Crippen molar-refractivity contribution in [2.75, 3.05) is 0 Å². The highest BCUT2D eigenvalue weighted by molar-refractivity contribution is 6.47. The fourth-order valence-corrected chi connectivity index (χ4v) is 4.85. The Balaban J connectivity index is 1.69. The molecule has 0 unspecified atom stereocenters. The highest BCUT2D eigenvalue weighted by atomic mass is 35.5. The monoisotopic (exact) mass is 426 g/mol. The number of halogens is 4. The first kappa shape index (κ1) is 18.6. The van der Waals surface area contributed by atoms with Crippen LogP contribution in [0.15, 0.2) is 24.3 Å². The minimum Gasteiger partial charge on any atom is -0.288 e. The van der Waals surface area contributed by atoms with Crippen LogP contribution in [0.1, 0.15) is 77.4 Å². The first-order valence-electron chi connectivity index (χ1n) is 8.99. The van der Waals surface area contributed by atoms with Crippen LogP contribution in [-0.2, 0) is 0 Å². The SMILES string of the molecule is O=C(c1ccc(C2CCC2)c(Cl)c1Cl)c1ccc(C2CCC2)c(Cl)c1Cl. The molecule has 0 atom stereocenters. The fourth-order valence-electron chi connectivity index (χ4n) is 3.69. The third kappa shape index (κ3) is 3.07. The Bertz CT molecular complexity index is 811. The first-order valence-corrected chi connectivity index (χ1v) is 10.5. The van der Waals surface area contributed by atoms with Crippen LogP contribution in [-0.4, -0.2) is 5.78 Å². The molecular weight excluding hydrogens is 410 g/mol. The van der Waals surface area contributed by atoms with Crippen molar-refractivity contribution in [3.63, 3.8) is 0 Å². The van der Waals surface area contributed by atoms with Crippen molar-refractivity contribution in [1.82, 2.24) is 0 Å². The Kier molecular flexibility index (Phi) is 5.27. The molecule has 2 aromatic rings. The minimum absolute atomic E-state index is 0.246. The van der Waals surface area contributed by atoms with Crippen LogP contribution in [0.4, 0.5) is 0 Å². The topological polar surface area (TPSA) is 17.1 Å². The maximum atomic E-state index is 13.0. The number of hydrogen-bond acceptors (Lipinski definition) is 1. The zero-order valence-electron chi connectivity index (χ0n) is 14.1. The van der Waals surface area contributed by atoms with Gasteiger partial charge in [-0.2, -0.15) is 0 Å². The molecule has 2 fully saturated rings. The Morgan fingerprint density at radius 1 is 0.654 bits per heavy atom. The molecule has 0 radical (unpaired) electrons. The molecule has 0 N–H and O–H groups in total. The molecule has 0 amide bonds. The predicted octanol–water partition coefficient (Wildman–Crippen LogP) is 8.07. The van der Waals surface area contributed by atoms with E-state index >= 15 is 0 Å². The summed E-state index contributed by atoms with van der Waals surface area (Å²) >= 11 is 25.8. The van der Waals surface area contributed by atoms with E-state index < -0.39 is 0 Å². The molecule has 0 aliphatic heterocycles. The normalized spacial score (nSPS) is 17.7. The van der Waals surface area contributed by atoms with Crippen LogP contribution in [0.5, 0.6) is 0 Å². The number of carbonyl (C=O) groups is 1. The molecule has 0 saturated heterocycles. The second-order valence-corrected chi connectivity index (χ2v) is 8.76. The second-order valence-electron chi connectivity index (χ2n) is 7.25. The third-order valence-electron chi connectivity index (χ3n) is 5.80. The molecule has 26 heavy (non-hydrogen) atoms. The van der Waals surface area contributed by atoms with E-state index in [-0.39, 0.29) is 5.78 Å². The van der Waals surface area contributed by atoms with Gasteiger partial charge in [-0.25, -0.2) is 0 Å². The van der Waals surface area contributed by atoms with Crippen molar-refractivity contribution in [3.8, 4) is 0 Å². The van der Waals surface area contributed by atoms with Gasteiger partial charge in [-0.3, -0.25) is 4.79 Å². The van der Waals surface area contributed by atoms with E-state index in [2.05, 4.69) is 0 Å². The summed E-state index contributed by atoms with van der Waals surface area (Å²) in [4.78, 5) is 13.0. The third-order valence-corrected chi connectivity index (χ3v) is 7.60.